The number of hydrogen-bond acceptors (Lipinski definition) is 5. The summed E-state index contributed by atoms with van der Waals surface area (Å²) in [5.41, 5.74) is 0. The minimum Gasteiger partial charge on any atom is -0.373 e. The topological polar surface area (TPSA) is 50.7 Å². The molecule has 0 saturated carbocycles. The van der Waals surface area contributed by atoms with Crippen molar-refractivity contribution in [1.29, 1.82) is 0 Å². The second-order valence-electron chi connectivity index (χ2n) is 3.28. The van der Waals surface area contributed by atoms with Crippen molar-refractivity contribution in [3.05, 3.63) is 34.7 Å². The zero-order valence-electron chi connectivity index (χ0n) is 9.44. The Kier molecular flexibility index (Phi) is 3.96. The molecule has 2 heterocycles. The number of nitrogens with zero attached hydrogens (tertiary/aromatic N) is 3. The molecule has 2 rings (SSSR count). The molecule has 0 aromatic carbocycles. The second kappa shape index (κ2) is 5.46. The second-order valence-corrected chi connectivity index (χ2v) is 5.14. The average Bonchev–Trinajstić information content (AvgIpc) is 2.31. The van der Waals surface area contributed by atoms with E-state index in [-0.39, 0.29) is 0 Å². The summed E-state index contributed by atoms with van der Waals surface area (Å²) in [5, 5.41) is 4.78. The quantitative estimate of drug-likeness (QED) is 0.883. The van der Waals surface area contributed by atoms with Crippen LogP contribution in [-0.4, -0.2) is 22.0 Å². The van der Waals surface area contributed by atoms with Gasteiger partial charge in [0.1, 0.15) is 21.7 Å². The molecule has 0 unspecified atom stereocenters. The number of rotatable bonds is 3. The van der Waals surface area contributed by atoms with Crippen LogP contribution < -0.4 is 5.32 Å². The highest BCUT2D eigenvalue weighted by Gasteiger charge is 2.06. The highest BCUT2D eigenvalue weighted by atomic mass is 79.9. The molecule has 17 heavy (non-hydrogen) atoms. The van der Waals surface area contributed by atoms with E-state index in [1.807, 2.05) is 32.2 Å². The van der Waals surface area contributed by atoms with Crippen LogP contribution in [0.4, 0.5) is 5.82 Å². The highest BCUT2D eigenvalue weighted by Crippen LogP contribution is 2.30. The first-order valence-corrected chi connectivity index (χ1v) is 6.62. The molecule has 0 bridgehead atoms. The molecule has 6 heteroatoms. The molecule has 0 atom stereocenters. The maximum Gasteiger partial charge on any atom is 0.130 e. The molecule has 0 fully saturated rings. The van der Waals surface area contributed by atoms with E-state index < -0.39 is 0 Å². The number of aryl methyl sites for hydroxylation is 1. The van der Waals surface area contributed by atoms with Crippen molar-refractivity contribution < 1.29 is 0 Å². The van der Waals surface area contributed by atoms with Crippen LogP contribution in [0.3, 0.4) is 0 Å². The molecule has 2 aromatic rings. The standard InChI is InChI=1S/C11H11BrN4S/c1-7-15-9(13-2)6-10(16-7)17-11-8(12)4-3-5-14-11/h3-6H,1-2H3,(H,13,15,16). The Balaban J connectivity index is 2.30. The Morgan fingerprint density at radius 3 is 2.88 bits per heavy atom. The van der Waals surface area contributed by atoms with Crippen LogP contribution in [-0.2, 0) is 0 Å². The summed E-state index contributed by atoms with van der Waals surface area (Å²) >= 11 is 4.97. The normalized spacial score (nSPS) is 10.3. The predicted octanol–water partition coefficient (Wildman–Crippen LogP) is 3.14. The van der Waals surface area contributed by atoms with Gasteiger partial charge in [-0.25, -0.2) is 15.0 Å². The summed E-state index contributed by atoms with van der Waals surface area (Å²) in [6.45, 7) is 1.87. The summed E-state index contributed by atoms with van der Waals surface area (Å²) < 4.78 is 0.965. The number of halogens is 1. The molecule has 88 valence electrons. The monoisotopic (exact) mass is 310 g/mol. The first-order chi connectivity index (χ1) is 8.19. The first-order valence-electron chi connectivity index (χ1n) is 5.01. The van der Waals surface area contributed by atoms with Crippen LogP contribution in [0.25, 0.3) is 0 Å². The molecule has 2 aromatic heterocycles. The Morgan fingerprint density at radius 1 is 1.35 bits per heavy atom. The number of nitrogens with one attached hydrogen (secondary N) is 1. The number of aromatic nitrogens is 3. The maximum absolute atomic E-state index is 4.37. The van der Waals surface area contributed by atoms with E-state index in [1.165, 1.54) is 11.8 Å². The predicted molar refractivity (Wildman–Crippen MR) is 72.4 cm³/mol. The SMILES string of the molecule is CNc1cc(Sc2ncccc2Br)nc(C)n1. The summed E-state index contributed by atoms with van der Waals surface area (Å²) in [4.78, 5) is 12.9. The Hall–Kier alpha value is -1.14. The number of anilines is 1. The van der Waals surface area contributed by atoms with E-state index in [0.29, 0.717) is 0 Å². The molecule has 1 N–H and O–H groups in total. The third-order valence-corrected chi connectivity index (χ3v) is 3.84. The summed E-state index contributed by atoms with van der Waals surface area (Å²) in [5.74, 6) is 1.55. The van der Waals surface area contributed by atoms with Crippen LogP contribution in [0.1, 0.15) is 5.82 Å². The van der Waals surface area contributed by atoms with Crippen LogP contribution >= 0.6 is 27.7 Å². The van der Waals surface area contributed by atoms with E-state index in [0.717, 1.165) is 26.2 Å². The van der Waals surface area contributed by atoms with Crippen molar-refractivity contribution in [1.82, 2.24) is 15.0 Å². The molecule has 0 aliphatic rings. The van der Waals surface area contributed by atoms with Gasteiger partial charge < -0.3 is 5.32 Å². The Labute approximate surface area is 112 Å². The van der Waals surface area contributed by atoms with Gasteiger partial charge in [0.25, 0.3) is 0 Å². The lowest BCUT2D eigenvalue weighted by atomic mass is 10.5. The van der Waals surface area contributed by atoms with E-state index in [2.05, 4.69) is 36.2 Å². The molecule has 4 nitrogen and oxygen atoms in total. The average molecular weight is 311 g/mol. The third kappa shape index (κ3) is 3.17. The lowest BCUT2D eigenvalue weighted by Gasteiger charge is -2.05. The van der Waals surface area contributed by atoms with Crippen molar-refractivity contribution in [2.24, 2.45) is 0 Å². The van der Waals surface area contributed by atoms with Crippen molar-refractivity contribution in [2.75, 3.05) is 12.4 Å². The fraction of sp³-hybridized carbons (Fsp3) is 0.182. The molecule has 0 aliphatic carbocycles. The van der Waals surface area contributed by atoms with Gasteiger partial charge in [0, 0.05) is 19.3 Å². The molecule has 0 amide bonds. The van der Waals surface area contributed by atoms with Crippen molar-refractivity contribution in [2.45, 2.75) is 17.0 Å². The molecule has 0 saturated heterocycles. The molecule has 0 aliphatic heterocycles. The zero-order chi connectivity index (χ0) is 12.3. The van der Waals surface area contributed by atoms with Crippen LogP contribution in [0, 0.1) is 6.92 Å². The molecular weight excluding hydrogens is 300 g/mol. The Bertz CT molecular complexity index is 533. The minimum atomic E-state index is 0.742. The lowest BCUT2D eigenvalue weighted by molar-refractivity contribution is 0.964. The maximum atomic E-state index is 4.37. The van der Waals surface area contributed by atoms with Crippen LogP contribution in [0.15, 0.2) is 38.9 Å². The molecule has 0 spiro atoms. The van der Waals surface area contributed by atoms with Gasteiger partial charge in [-0.3, -0.25) is 0 Å². The van der Waals surface area contributed by atoms with Crippen molar-refractivity contribution >= 4 is 33.5 Å². The minimum absolute atomic E-state index is 0.742. The number of pyridine rings is 1. The van der Waals surface area contributed by atoms with E-state index in [9.17, 15) is 0 Å². The van der Waals surface area contributed by atoms with Crippen LogP contribution in [0.5, 0.6) is 0 Å². The third-order valence-electron chi connectivity index (χ3n) is 2.00. The smallest absolute Gasteiger partial charge is 0.130 e. The van der Waals surface area contributed by atoms with Gasteiger partial charge in [-0.2, -0.15) is 0 Å². The molecular formula is C11H11BrN4S. The first kappa shape index (κ1) is 12.3. The van der Waals surface area contributed by atoms with Crippen molar-refractivity contribution in [3.63, 3.8) is 0 Å². The lowest BCUT2D eigenvalue weighted by Crippen LogP contribution is -1.97. The largest absolute Gasteiger partial charge is 0.373 e. The van der Waals surface area contributed by atoms with Crippen LogP contribution in [0.2, 0.25) is 0 Å². The van der Waals surface area contributed by atoms with Gasteiger partial charge >= 0.3 is 0 Å². The summed E-state index contributed by atoms with van der Waals surface area (Å²) in [6.07, 6.45) is 1.76. The summed E-state index contributed by atoms with van der Waals surface area (Å²) in [7, 11) is 1.84. The van der Waals surface area contributed by atoms with Crippen molar-refractivity contribution in [3.8, 4) is 0 Å². The van der Waals surface area contributed by atoms with Gasteiger partial charge in [-0.15, -0.1) is 0 Å². The fourth-order valence-corrected chi connectivity index (χ4v) is 2.59. The highest BCUT2D eigenvalue weighted by molar-refractivity contribution is 9.10. The van der Waals surface area contributed by atoms with Gasteiger partial charge in [0.05, 0.1) is 4.47 Å². The summed E-state index contributed by atoms with van der Waals surface area (Å²) in [6, 6.07) is 5.75. The van der Waals surface area contributed by atoms with Gasteiger partial charge in [0.2, 0.25) is 0 Å². The Morgan fingerprint density at radius 2 is 2.18 bits per heavy atom. The zero-order valence-corrected chi connectivity index (χ0v) is 11.8. The van der Waals surface area contributed by atoms with E-state index in [4.69, 9.17) is 0 Å². The van der Waals surface area contributed by atoms with Gasteiger partial charge in [-0.05, 0) is 46.7 Å². The molecule has 0 radical (unpaired) electrons. The number of hydrogen-bond donors (Lipinski definition) is 1. The van der Waals surface area contributed by atoms with E-state index >= 15 is 0 Å². The van der Waals surface area contributed by atoms with Gasteiger partial charge in [0.15, 0.2) is 0 Å². The van der Waals surface area contributed by atoms with E-state index in [1.54, 1.807) is 6.20 Å². The fourth-order valence-electron chi connectivity index (χ4n) is 1.27. The van der Waals surface area contributed by atoms with Gasteiger partial charge in [-0.1, -0.05) is 0 Å².